The summed E-state index contributed by atoms with van der Waals surface area (Å²) in [4.78, 5) is 14.2. The topological polar surface area (TPSA) is 53.6 Å². The van der Waals surface area contributed by atoms with Crippen molar-refractivity contribution in [2.24, 2.45) is 0 Å². The number of rotatable bonds is 3. The van der Waals surface area contributed by atoms with E-state index in [2.05, 4.69) is 10.6 Å². The molecule has 0 spiro atoms. The number of anilines is 3. The maximum Gasteiger partial charge on any atom is 0.416 e. The molecule has 1 aliphatic heterocycles. The fourth-order valence-electron chi connectivity index (χ4n) is 2.73. The van der Waals surface area contributed by atoms with E-state index >= 15 is 0 Å². The molecule has 2 amide bonds. The van der Waals surface area contributed by atoms with Crippen molar-refractivity contribution in [1.29, 1.82) is 0 Å². The summed E-state index contributed by atoms with van der Waals surface area (Å²) in [6.45, 7) is 1.97. The quantitative estimate of drug-likeness (QED) is 0.776. The molecule has 2 aromatic rings. The van der Waals surface area contributed by atoms with E-state index in [1.165, 1.54) is 6.07 Å². The molecule has 1 heterocycles. The van der Waals surface area contributed by atoms with Crippen molar-refractivity contribution in [3.8, 4) is 0 Å². The minimum atomic E-state index is -4.51. The highest BCUT2D eigenvalue weighted by Crippen LogP contribution is 2.36. The second kappa shape index (κ2) is 8.06. The number of para-hydroxylation sites is 1. The van der Waals surface area contributed by atoms with Crippen molar-refractivity contribution in [3.63, 3.8) is 0 Å². The molecule has 0 aliphatic carbocycles. The molecular formula is C18H17ClF3N3O2. The smallest absolute Gasteiger partial charge is 0.378 e. The van der Waals surface area contributed by atoms with Crippen molar-refractivity contribution in [2.45, 2.75) is 6.18 Å². The summed E-state index contributed by atoms with van der Waals surface area (Å²) in [5.74, 6) is 0. The van der Waals surface area contributed by atoms with Crippen LogP contribution < -0.4 is 15.5 Å². The van der Waals surface area contributed by atoms with Crippen molar-refractivity contribution < 1.29 is 22.7 Å². The van der Waals surface area contributed by atoms with Crippen LogP contribution >= 0.6 is 11.6 Å². The van der Waals surface area contributed by atoms with Crippen molar-refractivity contribution >= 4 is 34.7 Å². The molecule has 2 N–H and O–H groups in total. The van der Waals surface area contributed by atoms with Gasteiger partial charge in [0.05, 0.1) is 40.9 Å². The summed E-state index contributed by atoms with van der Waals surface area (Å²) in [5.41, 5.74) is 0.0843. The van der Waals surface area contributed by atoms with Gasteiger partial charge >= 0.3 is 12.2 Å². The van der Waals surface area contributed by atoms with Crippen LogP contribution in [0.1, 0.15) is 5.56 Å². The first-order valence-corrected chi connectivity index (χ1v) is 8.59. The SMILES string of the molecule is O=C(Nc1ccccc1Cl)Nc1cc(C(F)(F)F)ccc1N1CCOCC1. The van der Waals surface area contributed by atoms with Gasteiger partial charge in [-0.05, 0) is 30.3 Å². The fourth-order valence-corrected chi connectivity index (χ4v) is 2.91. The Bertz CT molecular complexity index is 824. The van der Waals surface area contributed by atoms with Gasteiger partial charge in [0.15, 0.2) is 0 Å². The maximum absolute atomic E-state index is 13.1. The second-order valence-electron chi connectivity index (χ2n) is 5.89. The normalized spacial score (nSPS) is 14.7. The molecule has 1 fully saturated rings. The summed E-state index contributed by atoms with van der Waals surface area (Å²) in [5, 5.41) is 5.37. The van der Waals surface area contributed by atoms with Crippen LogP contribution in [-0.4, -0.2) is 32.3 Å². The van der Waals surface area contributed by atoms with E-state index in [9.17, 15) is 18.0 Å². The third kappa shape index (κ3) is 4.84. The molecule has 9 heteroatoms. The molecule has 1 saturated heterocycles. The Morgan fingerprint density at radius 2 is 1.70 bits per heavy atom. The predicted molar refractivity (Wildman–Crippen MR) is 98.6 cm³/mol. The number of urea groups is 1. The lowest BCUT2D eigenvalue weighted by Gasteiger charge is -2.31. The lowest BCUT2D eigenvalue weighted by molar-refractivity contribution is -0.137. The number of carbonyl (C=O) groups is 1. The van der Waals surface area contributed by atoms with Gasteiger partial charge in [-0.3, -0.25) is 0 Å². The molecule has 0 bridgehead atoms. The standard InChI is InChI=1S/C18H17ClF3N3O2/c19-13-3-1-2-4-14(13)23-17(26)24-15-11-12(18(20,21)22)5-6-16(15)25-7-9-27-10-8-25/h1-6,11H,7-10H2,(H2,23,24,26). The number of nitrogens with one attached hydrogen (secondary N) is 2. The van der Waals surface area contributed by atoms with Crippen LogP contribution in [0.3, 0.4) is 0 Å². The number of ether oxygens (including phenoxy) is 1. The third-order valence-corrected chi connectivity index (χ3v) is 4.38. The minimum absolute atomic E-state index is 0.0660. The van der Waals surface area contributed by atoms with Crippen LogP contribution in [0, 0.1) is 0 Å². The van der Waals surface area contributed by atoms with Crippen molar-refractivity contribution in [2.75, 3.05) is 41.8 Å². The van der Waals surface area contributed by atoms with E-state index in [0.717, 1.165) is 12.1 Å². The highest BCUT2D eigenvalue weighted by atomic mass is 35.5. The van der Waals surface area contributed by atoms with E-state index in [-0.39, 0.29) is 5.69 Å². The molecule has 0 saturated carbocycles. The third-order valence-electron chi connectivity index (χ3n) is 4.05. The number of morpholine rings is 1. The summed E-state index contributed by atoms with van der Waals surface area (Å²) in [6.07, 6.45) is -4.51. The zero-order chi connectivity index (χ0) is 19.4. The van der Waals surface area contributed by atoms with Crippen LogP contribution in [0.25, 0.3) is 0 Å². The number of halogens is 4. The Labute approximate surface area is 159 Å². The minimum Gasteiger partial charge on any atom is -0.378 e. The molecule has 27 heavy (non-hydrogen) atoms. The van der Waals surface area contributed by atoms with E-state index in [1.54, 1.807) is 24.3 Å². The number of nitrogens with zero attached hydrogens (tertiary/aromatic N) is 1. The number of amides is 2. The molecule has 0 radical (unpaired) electrons. The Morgan fingerprint density at radius 1 is 1.04 bits per heavy atom. The van der Waals surface area contributed by atoms with E-state index in [1.807, 2.05) is 4.90 Å². The Morgan fingerprint density at radius 3 is 2.37 bits per heavy atom. The molecule has 144 valence electrons. The van der Waals surface area contributed by atoms with Gasteiger partial charge in [0.2, 0.25) is 0 Å². The Balaban J connectivity index is 1.86. The van der Waals surface area contributed by atoms with E-state index in [0.29, 0.717) is 42.7 Å². The molecule has 1 aliphatic rings. The fraction of sp³-hybridized carbons (Fsp3) is 0.278. The lowest BCUT2D eigenvalue weighted by atomic mass is 10.1. The summed E-state index contributed by atoms with van der Waals surface area (Å²) in [6, 6.07) is 9.19. The Kier molecular flexibility index (Phi) is 5.76. The van der Waals surface area contributed by atoms with Gasteiger partial charge in [0.25, 0.3) is 0 Å². The molecule has 0 atom stereocenters. The largest absolute Gasteiger partial charge is 0.416 e. The zero-order valence-corrected chi connectivity index (χ0v) is 14.9. The average molecular weight is 400 g/mol. The number of carbonyl (C=O) groups excluding carboxylic acids is 1. The first-order valence-electron chi connectivity index (χ1n) is 8.21. The summed E-state index contributed by atoms with van der Waals surface area (Å²) >= 11 is 6.00. The molecule has 0 aromatic heterocycles. The highest BCUT2D eigenvalue weighted by molar-refractivity contribution is 6.33. The molecule has 2 aromatic carbocycles. The summed E-state index contributed by atoms with van der Waals surface area (Å²) in [7, 11) is 0. The Hall–Kier alpha value is -2.45. The van der Waals surface area contributed by atoms with Crippen LogP contribution in [0.4, 0.5) is 35.0 Å². The number of benzene rings is 2. The van der Waals surface area contributed by atoms with E-state index < -0.39 is 17.8 Å². The molecule has 0 unspecified atom stereocenters. The van der Waals surface area contributed by atoms with E-state index in [4.69, 9.17) is 16.3 Å². The first-order chi connectivity index (χ1) is 12.8. The van der Waals surface area contributed by atoms with Crippen molar-refractivity contribution in [3.05, 3.63) is 53.1 Å². The second-order valence-corrected chi connectivity index (χ2v) is 6.30. The maximum atomic E-state index is 13.1. The molecular weight excluding hydrogens is 383 g/mol. The highest BCUT2D eigenvalue weighted by Gasteiger charge is 2.32. The van der Waals surface area contributed by atoms with Crippen LogP contribution in [0.2, 0.25) is 5.02 Å². The monoisotopic (exact) mass is 399 g/mol. The summed E-state index contributed by atoms with van der Waals surface area (Å²) < 4.78 is 44.6. The lowest BCUT2D eigenvalue weighted by Crippen LogP contribution is -2.37. The predicted octanol–water partition coefficient (Wildman–Crippen LogP) is 4.84. The van der Waals surface area contributed by atoms with Crippen LogP contribution in [-0.2, 0) is 10.9 Å². The van der Waals surface area contributed by atoms with Crippen molar-refractivity contribution in [1.82, 2.24) is 0 Å². The average Bonchev–Trinajstić information content (AvgIpc) is 2.63. The van der Waals surface area contributed by atoms with Crippen LogP contribution in [0.15, 0.2) is 42.5 Å². The van der Waals surface area contributed by atoms with Gasteiger partial charge in [-0.1, -0.05) is 23.7 Å². The molecule has 3 rings (SSSR count). The number of hydrogen-bond acceptors (Lipinski definition) is 3. The van der Waals surface area contributed by atoms with Crippen LogP contribution in [0.5, 0.6) is 0 Å². The van der Waals surface area contributed by atoms with Gasteiger partial charge in [-0.15, -0.1) is 0 Å². The number of alkyl halides is 3. The van der Waals surface area contributed by atoms with Gasteiger partial charge < -0.3 is 20.3 Å². The van der Waals surface area contributed by atoms with Gasteiger partial charge in [0.1, 0.15) is 0 Å². The van der Waals surface area contributed by atoms with Gasteiger partial charge in [-0.2, -0.15) is 13.2 Å². The van der Waals surface area contributed by atoms with Gasteiger partial charge in [-0.25, -0.2) is 4.79 Å². The zero-order valence-electron chi connectivity index (χ0n) is 14.1. The molecule has 5 nitrogen and oxygen atoms in total. The van der Waals surface area contributed by atoms with Gasteiger partial charge in [0, 0.05) is 13.1 Å². The first kappa shape index (κ1) is 19.3. The number of hydrogen-bond donors (Lipinski definition) is 2.